The highest BCUT2D eigenvalue weighted by Crippen LogP contribution is 2.34. The Hall–Kier alpha value is -3.07. The average Bonchev–Trinajstić information content (AvgIpc) is 3.34. The number of piperidine rings is 1. The molecule has 2 aliphatic rings. The van der Waals surface area contributed by atoms with Crippen molar-refractivity contribution in [1.82, 2.24) is 14.0 Å². The quantitative estimate of drug-likeness (QED) is 0.589. The van der Waals surface area contributed by atoms with E-state index in [1.807, 2.05) is 18.7 Å². The van der Waals surface area contributed by atoms with Crippen LogP contribution in [0.3, 0.4) is 0 Å². The maximum Gasteiger partial charge on any atom is 0.337 e. The molecule has 1 fully saturated rings. The zero-order valence-electron chi connectivity index (χ0n) is 19.2. The van der Waals surface area contributed by atoms with Gasteiger partial charge in [-0.15, -0.1) is 11.3 Å². The first kappa shape index (κ1) is 21.8. The summed E-state index contributed by atoms with van der Waals surface area (Å²) < 4.78 is 13.4. The molecule has 0 spiro atoms. The third-order valence-corrected chi connectivity index (χ3v) is 7.81. The molecule has 4 heterocycles. The molecule has 0 bridgehead atoms. The fourth-order valence-electron chi connectivity index (χ4n) is 4.95. The van der Waals surface area contributed by atoms with Crippen molar-refractivity contribution in [2.24, 2.45) is 11.8 Å². The van der Waals surface area contributed by atoms with Crippen molar-refractivity contribution in [2.75, 3.05) is 19.9 Å². The van der Waals surface area contributed by atoms with Crippen LogP contribution in [0.1, 0.15) is 30.7 Å². The molecule has 5 rings (SSSR count). The SMILES string of the molecule is Cc1sc2c(c1C)c(=O)n(-c1ccc3c(c1)OCO3)c(=O)n2CC(=O)N1CC(C)CC(C)C1. The van der Waals surface area contributed by atoms with E-state index in [4.69, 9.17) is 9.47 Å². The molecule has 0 saturated carbocycles. The molecule has 2 atom stereocenters. The van der Waals surface area contributed by atoms with Crippen LogP contribution in [-0.2, 0) is 11.3 Å². The first-order chi connectivity index (χ1) is 15.7. The number of aryl methyl sites for hydroxylation is 2. The van der Waals surface area contributed by atoms with Crippen LogP contribution < -0.4 is 20.7 Å². The number of nitrogens with zero attached hydrogens (tertiary/aromatic N) is 3. The third-order valence-electron chi connectivity index (χ3n) is 6.58. The van der Waals surface area contributed by atoms with Gasteiger partial charge >= 0.3 is 5.69 Å². The lowest BCUT2D eigenvalue weighted by Crippen LogP contribution is -2.46. The Morgan fingerprint density at radius 1 is 1.09 bits per heavy atom. The lowest BCUT2D eigenvalue weighted by atomic mass is 9.92. The molecular formula is C24H27N3O5S. The number of aromatic nitrogens is 2. The van der Waals surface area contributed by atoms with Gasteiger partial charge in [-0.05, 0) is 49.8 Å². The minimum absolute atomic E-state index is 0.0982. The molecule has 1 aromatic carbocycles. The molecule has 2 unspecified atom stereocenters. The zero-order chi connectivity index (χ0) is 23.4. The predicted molar refractivity (Wildman–Crippen MR) is 127 cm³/mol. The number of carbonyl (C=O) groups excluding carboxylic acids is 1. The van der Waals surface area contributed by atoms with Crippen LogP contribution in [0.25, 0.3) is 15.9 Å². The smallest absolute Gasteiger partial charge is 0.337 e. The summed E-state index contributed by atoms with van der Waals surface area (Å²) in [6, 6.07) is 4.98. The maximum atomic E-state index is 13.7. The second kappa shape index (κ2) is 8.06. The molecule has 0 aliphatic carbocycles. The van der Waals surface area contributed by atoms with E-state index < -0.39 is 5.69 Å². The molecular weight excluding hydrogens is 442 g/mol. The summed E-state index contributed by atoms with van der Waals surface area (Å²) in [5.41, 5.74) is 0.301. The lowest BCUT2D eigenvalue weighted by Gasteiger charge is -2.35. The number of hydrogen-bond acceptors (Lipinski definition) is 6. The van der Waals surface area contributed by atoms with E-state index in [0.29, 0.717) is 52.3 Å². The highest BCUT2D eigenvalue weighted by atomic mass is 32.1. The molecule has 1 amide bonds. The van der Waals surface area contributed by atoms with Crippen molar-refractivity contribution in [3.63, 3.8) is 0 Å². The van der Waals surface area contributed by atoms with Crippen molar-refractivity contribution >= 4 is 27.5 Å². The third kappa shape index (κ3) is 3.64. The molecule has 3 aromatic rings. The summed E-state index contributed by atoms with van der Waals surface area (Å²) in [7, 11) is 0. The van der Waals surface area contributed by atoms with Crippen LogP contribution in [0.15, 0.2) is 27.8 Å². The second-order valence-electron chi connectivity index (χ2n) is 9.26. The first-order valence-electron chi connectivity index (χ1n) is 11.2. The van der Waals surface area contributed by atoms with Crippen LogP contribution in [0, 0.1) is 25.7 Å². The molecule has 8 nitrogen and oxygen atoms in total. The van der Waals surface area contributed by atoms with Gasteiger partial charge in [0.1, 0.15) is 11.4 Å². The summed E-state index contributed by atoms with van der Waals surface area (Å²) in [5, 5.41) is 0.475. The summed E-state index contributed by atoms with van der Waals surface area (Å²) in [6.45, 7) is 9.47. The lowest BCUT2D eigenvalue weighted by molar-refractivity contribution is -0.134. The number of thiophene rings is 1. The number of fused-ring (bicyclic) bond motifs is 2. The summed E-state index contributed by atoms with van der Waals surface area (Å²) in [5.74, 6) is 1.79. The molecule has 2 aliphatic heterocycles. The van der Waals surface area contributed by atoms with Crippen molar-refractivity contribution in [3.8, 4) is 17.2 Å². The maximum absolute atomic E-state index is 13.7. The normalized spacial score (nSPS) is 19.9. The number of likely N-dealkylation sites (tertiary alicyclic amines) is 1. The van der Waals surface area contributed by atoms with Gasteiger partial charge in [0.05, 0.1) is 11.1 Å². The van der Waals surface area contributed by atoms with Crippen LogP contribution in [0.2, 0.25) is 0 Å². The molecule has 9 heteroatoms. The van der Waals surface area contributed by atoms with Crippen LogP contribution in [0.4, 0.5) is 0 Å². The topological polar surface area (TPSA) is 82.8 Å². The van der Waals surface area contributed by atoms with Gasteiger partial charge < -0.3 is 14.4 Å². The minimum atomic E-state index is -0.529. The molecule has 1 saturated heterocycles. The van der Waals surface area contributed by atoms with E-state index in [9.17, 15) is 14.4 Å². The Morgan fingerprint density at radius 2 is 1.79 bits per heavy atom. The van der Waals surface area contributed by atoms with E-state index in [1.54, 1.807) is 18.2 Å². The Labute approximate surface area is 195 Å². The Kier molecular flexibility index (Phi) is 5.31. The van der Waals surface area contributed by atoms with Gasteiger partial charge in [0.25, 0.3) is 5.56 Å². The van der Waals surface area contributed by atoms with Crippen LogP contribution in [0.5, 0.6) is 11.5 Å². The van der Waals surface area contributed by atoms with Gasteiger partial charge in [0.15, 0.2) is 11.5 Å². The van der Waals surface area contributed by atoms with E-state index in [0.717, 1.165) is 21.4 Å². The zero-order valence-corrected chi connectivity index (χ0v) is 20.0. The highest BCUT2D eigenvalue weighted by molar-refractivity contribution is 7.18. The Morgan fingerprint density at radius 3 is 2.52 bits per heavy atom. The predicted octanol–water partition coefficient (Wildman–Crippen LogP) is 3.06. The molecule has 0 radical (unpaired) electrons. The average molecular weight is 470 g/mol. The first-order valence-corrected chi connectivity index (χ1v) is 12.0. The van der Waals surface area contributed by atoms with Gasteiger partial charge in [0.2, 0.25) is 12.7 Å². The molecule has 2 aromatic heterocycles. The van der Waals surface area contributed by atoms with Crippen molar-refractivity contribution in [1.29, 1.82) is 0 Å². The second-order valence-corrected chi connectivity index (χ2v) is 10.5. The van der Waals surface area contributed by atoms with Crippen molar-refractivity contribution < 1.29 is 14.3 Å². The standard InChI is InChI=1S/C24H27N3O5S/c1-13-7-14(2)10-25(9-13)20(28)11-26-23-21(15(3)16(4)33-23)22(29)27(24(26)30)17-5-6-18-19(8-17)32-12-31-18/h5-6,8,13-14H,7,9-12H2,1-4H3. The monoisotopic (exact) mass is 469 g/mol. The summed E-state index contributed by atoms with van der Waals surface area (Å²) in [6.07, 6.45) is 1.09. The fraction of sp³-hybridized carbons (Fsp3) is 0.458. The van der Waals surface area contributed by atoms with Crippen LogP contribution >= 0.6 is 11.3 Å². The van der Waals surface area contributed by atoms with Crippen molar-refractivity contribution in [3.05, 3.63) is 49.5 Å². The number of rotatable bonds is 3. The molecule has 33 heavy (non-hydrogen) atoms. The van der Waals surface area contributed by atoms with E-state index in [1.165, 1.54) is 15.9 Å². The van der Waals surface area contributed by atoms with Gasteiger partial charge in [-0.25, -0.2) is 9.36 Å². The molecule has 174 valence electrons. The van der Waals surface area contributed by atoms with Gasteiger partial charge in [-0.1, -0.05) is 13.8 Å². The number of benzene rings is 1. The number of carbonyl (C=O) groups is 1. The van der Waals surface area contributed by atoms with Crippen LogP contribution in [-0.4, -0.2) is 39.8 Å². The van der Waals surface area contributed by atoms with E-state index in [-0.39, 0.29) is 24.8 Å². The number of hydrogen-bond donors (Lipinski definition) is 0. The minimum Gasteiger partial charge on any atom is -0.454 e. The van der Waals surface area contributed by atoms with Gasteiger partial charge in [0, 0.05) is 24.0 Å². The number of ether oxygens (including phenoxy) is 2. The fourth-order valence-corrected chi connectivity index (χ4v) is 6.09. The van der Waals surface area contributed by atoms with E-state index >= 15 is 0 Å². The van der Waals surface area contributed by atoms with E-state index in [2.05, 4.69) is 13.8 Å². The van der Waals surface area contributed by atoms with Gasteiger partial charge in [-0.2, -0.15) is 0 Å². The Bertz CT molecular complexity index is 1380. The molecule has 0 N–H and O–H groups in total. The summed E-state index contributed by atoms with van der Waals surface area (Å²) in [4.78, 5) is 43.8. The highest BCUT2D eigenvalue weighted by Gasteiger charge is 2.28. The number of amides is 1. The van der Waals surface area contributed by atoms with Gasteiger partial charge in [-0.3, -0.25) is 14.2 Å². The van der Waals surface area contributed by atoms with Crippen molar-refractivity contribution in [2.45, 2.75) is 40.7 Å². The largest absolute Gasteiger partial charge is 0.454 e. The summed E-state index contributed by atoms with van der Waals surface area (Å²) >= 11 is 1.38. The Balaban J connectivity index is 1.66.